The fourth-order valence-electron chi connectivity index (χ4n) is 1.43. The molecule has 2 amide bonds. The molecular weight excluding hydrogens is 216 g/mol. The number of carboxylic acid groups (broad SMARTS) is 1. The lowest BCUT2D eigenvalue weighted by Gasteiger charge is -2.31. The summed E-state index contributed by atoms with van der Waals surface area (Å²) < 4.78 is 5.25. The third kappa shape index (κ3) is 3.35. The van der Waals surface area contributed by atoms with E-state index in [1.54, 1.807) is 0 Å². The minimum absolute atomic E-state index is 0.0584. The first kappa shape index (κ1) is 12.7. The molecule has 1 saturated heterocycles. The van der Waals surface area contributed by atoms with Gasteiger partial charge in [0.1, 0.15) is 0 Å². The van der Waals surface area contributed by atoms with Gasteiger partial charge in [-0.3, -0.25) is 0 Å². The maximum Gasteiger partial charge on any atom is 0.328 e. The molecule has 7 heteroatoms. The molecule has 92 valence electrons. The number of aliphatic carboxylic acids is 1. The van der Waals surface area contributed by atoms with Crippen molar-refractivity contribution in [3.63, 3.8) is 0 Å². The predicted molar refractivity (Wildman–Crippen MR) is 54.0 cm³/mol. The number of ether oxygens (including phenoxy) is 1. The quantitative estimate of drug-likeness (QED) is 0.571. The molecule has 1 heterocycles. The fourth-order valence-corrected chi connectivity index (χ4v) is 1.43. The van der Waals surface area contributed by atoms with Gasteiger partial charge in [-0.05, 0) is 6.92 Å². The first-order chi connectivity index (χ1) is 7.54. The second-order valence-electron chi connectivity index (χ2n) is 3.65. The molecule has 0 aromatic heterocycles. The number of hydrogen-bond donors (Lipinski definition) is 3. The van der Waals surface area contributed by atoms with Crippen molar-refractivity contribution < 1.29 is 24.5 Å². The van der Waals surface area contributed by atoms with E-state index in [1.165, 1.54) is 4.90 Å². The van der Waals surface area contributed by atoms with Gasteiger partial charge >= 0.3 is 12.0 Å². The highest BCUT2D eigenvalue weighted by molar-refractivity contribution is 5.82. The van der Waals surface area contributed by atoms with E-state index < -0.39 is 24.6 Å². The maximum absolute atomic E-state index is 11.6. The van der Waals surface area contributed by atoms with E-state index in [2.05, 4.69) is 5.32 Å². The van der Waals surface area contributed by atoms with Crippen LogP contribution in [-0.2, 0) is 9.53 Å². The zero-order chi connectivity index (χ0) is 12.1. The van der Waals surface area contributed by atoms with Gasteiger partial charge in [-0.25, -0.2) is 9.59 Å². The topological polar surface area (TPSA) is 99.1 Å². The molecule has 0 spiro atoms. The van der Waals surface area contributed by atoms with Crippen molar-refractivity contribution in [2.75, 3.05) is 26.3 Å². The van der Waals surface area contributed by atoms with Crippen LogP contribution in [0.1, 0.15) is 6.92 Å². The van der Waals surface area contributed by atoms with Gasteiger partial charge in [0.15, 0.2) is 6.04 Å². The van der Waals surface area contributed by atoms with Crippen molar-refractivity contribution >= 4 is 12.0 Å². The Kier molecular flexibility index (Phi) is 4.51. The van der Waals surface area contributed by atoms with Crippen LogP contribution in [0.4, 0.5) is 4.79 Å². The molecule has 1 unspecified atom stereocenters. The number of urea groups is 1. The smallest absolute Gasteiger partial charge is 0.328 e. The van der Waals surface area contributed by atoms with Gasteiger partial charge in [0.25, 0.3) is 0 Å². The largest absolute Gasteiger partial charge is 0.480 e. The predicted octanol–water partition coefficient (Wildman–Crippen LogP) is -1.14. The molecular formula is C9H16N2O5. The van der Waals surface area contributed by atoms with E-state index in [9.17, 15) is 9.59 Å². The van der Waals surface area contributed by atoms with Gasteiger partial charge in [0.05, 0.1) is 19.3 Å². The van der Waals surface area contributed by atoms with Crippen molar-refractivity contribution in [2.24, 2.45) is 0 Å². The van der Waals surface area contributed by atoms with Crippen LogP contribution in [0.3, 0.4) is 0 Å². The van der Waals surface area contributed by atoms with Crippen LogP contribution < -0.4 is 5.32 Å². The Hall–Kier alpha value is -1.34. The van der Waals surface area contributed by atoms with Crippen LogP contribution >= 0.6 is 0 Å². The number of nitrogens with zero attached hydrogens (tertiary/aromatic N) is 1. The van der Waals surface area contributed by atoms with Gasteiger partial charge in [-0.15, -0.1) is 0 Å². The summed E-state index contributed by atoms with van der Waals surface area (Å²) in [6.07, 6.45) is -0.0584. The molecule has 0 aromatic carbocycles. The van der Waals surface area contributed by atoms with Gasteiger partial charge in [0, 0.05) is 13.1 Å². The lowest BCUT2D eigenvalue weighted by atomic mass is 10.3. The highest BCUT2D eigenvalue weighted by Crippen LogP contribution is 2.04. The van der Waals surface area contributed by atoms with E-state index in [4.69, 9.17) is 14.9 Å². The maximum atomic E-state index is 11.6. The minimum Gasteiger partial charge on any atom is -0.480 e. The molecule has 0 bridgehead atoms. The number of nitrogens with one attached hydrogen (secondary N) is 1. The monoisotopic (exact) mass is 232 g/mol. The number of rotatable bonds is 3. The Morgan fingerprint density at radius 3 is 2.81 bits per heavy atom. The Balaban J connectivity index is 2.47. The van der Waals surface area contributed by atoms with Crippen LogP contribution in [0, 0.1) is 0 Å². The number of carbonyl (C=O) groups is 2. The molecule has 1 fully saturated rings. The number of aliphatic hydroxyl groups excluding tert-OH is 1. The Morgan fingerprint density at radius 2 is 2.31 bits per heavy atom. The highest BCUT2D eigenvalue weighted by Gasteiger charge is 2.25. The molecule has 0 radical (unpaired) electrons. The Morgan fingerprint density at radius 1 is 1.62 bits per heavy atom. The SMILES string of the molecule is CC1CN(C(=O)N[C@@H](CO)C(=O)O)CCO1. The van der Waals surface area contributed by atoms with Gasteiger partial charge in [-0.2, -0.15) is 0 Å². The summed E-state index contributed by atoms with van der Waals surface area (Å²) in [6, 6.07) is -1.75. The molecule has 1 aliphatic rings. The summed E-state index contributed by atoms with van der Waals surface area (Å²) in [5, 5.41) is 19.6. The standard InChI is InChI=1S/C9H16N2O5/c1-6-4-11(2-3-16-6)9(15)10-7(5-12)8(13)14/h6-7,12H,2-5H2,1H3,(H,10,15)(H,13,14)/t6?,7-/m0/s1. The van der Waals surface area contributed by atoms with Crippen molar-refractivity contribution in [1.82, 2.24) is 10.2 Å². The average molecular weight is 232 g/mol. The van der Waals surface area contributed by atoms with Gasteiger partial charge in [0.2, 0.25) is 0 Å². The fraction of sp³-hybridized carbons (Fsp3) is 0.778. The van der Waals surface area contributed by atoms with Gasteiger partial charge < -0.3 is 25.2 Å². The van der Waals surface area contributed by atoms with Crippen LogP contribution in [0.5, 0.6) is 0 Å². The summed E-state index contributed by atoms with van der Waals surface area (Å²) in [5.41, 5.74) is 0. The lowest BCUT2D eigenvalue weighted by molar-refractivity contribution is -0.140. The number of aliphatic hydroxyl groups is 1. The van der Waals surface area contributed by atoms with Crippen LogP contribution in [0.25, 0.3) is 0 Å². The summed E-state index contributed by atoms with van der Waals surface area (Å²) >= 11 is 0. The van der Waals surface area contributed by atoms with E-state index in [-0.39, 0.29) is 6.10 Å². The minimum atomic E-state index is -1.26. The lowest BCUT2D eigenvalue weighted by Crippen LogP contribution is -2.53. The Labute approximate surface area is 93.0 Å². The van der Waals surface area contributed by atoms with E-state index >= 15 is 0 Å². The van der Waals surface area contributed by atoms with E-state index in [0.29, 0.717) is 19.7 Å². The molecule has 16 heavy (non-hydrogen) atoms. The molecule has 1 aliphatic heterocycles. The molecule has 0 aromatic rings. The number of amides is 2. The first-order valence-corrected chi connectivity index (χ1v) is 5.05. The Bertz CT molecular complexity index is 271. The number of carbonyl (C=O) groups excluding carboxylic acids is 1. The summed E-state index contributed by atoms with van der Waals surface area (Å²) in [4.78, 5) is 23.7. The summed E-state index contributed by atoms with van der Waals surface area (Å²) in [5.74, 6) is -1.25. The van der Waals surface area contributed by atoms with Crippen molar-refractivity contribution in [2.45, 2.75) is 19.1 Å². The second kappa shape index (κ2) is 5.66. The van der Waals surface area contributed by atoms with Crippen LogP contribution in [0.2, 0.25) is 0 Å². The molecule has 2 atom stereocenters. The number of morpholine rings is 1. The summed E-state index contributed by atoms with van der Waals surface area (Å²) in [7, 11) is 0. The van der Waals surface area contributed by atoms with Gasteiger partial charge in [-0.1, -0.05) is 0 Å². The summed E-state index contributed by atoms with van der Waals surface area (Å²) in [6.45, 7) is 2.49. The van der Waals surface area contributed by atoms with Crippen molar-refractivity contribution in [1.29, 1.82) is 0 Å². The molecule has 0 aliphatic carbocycles. The van der Waals surface area contributed by atoms with E-state index in [1.807, 2.05) is 6.92 Å². The first-order valence-electron chi connectivity index (χ1n) is 5.05. The molecule has 7 nitrogen and oxygen atoms in total. The second-order valence-corrected chi connectivity index (χ2v) is 3.65. The van der Waals surface area contributed by atoms with Crippen LogP contribution in [0.15, 0.2) is 0 Å². The molecule has 0 saturated carbocycles. The third-order valence-electron chi connectivity index (χ3n) is 2.31. The average Bonchev–Trinajstić information content (AvgIpc) is 2.25. The number of carboxylic acids is 1. The van der Waals surface area contributed by atoms with Crippen molar-refractivity contribution in [3.8, 4) is 0 Å². The van der Waals surface area contributed by atoms with Crippen molar-refractivity contribution in [3.05, 3.63) is 0 Å². The van der Waals surface area contributed by atoms with E-state index in [0.717, 1.165) is 0 Å². The zero-order valence-corrected chi connectivity index (χ0v) is 9.05. The number of hydrogen-bond acceptors (Lipinski definition) is 4. The normalized spacial score (nSPS) is 22.6. The molecule has 1 rings (SSSR count). The highest BCUT2D eigenvalue weighted by atomic mass is 16.5. The zero-order valence-electron chi connectivity index (χ0n) is 9.05. The third-order valence-corrected chi connectivity index (χ3v) is 2.31. The van der Waals surface area contributed by atoms with Crippen LogP contribution in [-0.4, -0.2) is 65.6 Å². The molecule has 3 N–H and O–H groups in total.